The lowest BCUT2D eigenvalue weighted by molar-refractivity contribution is -0.141. The molecule has 0 aromatic heterocycles. The van der Waals surface area contributed by atoms with E-state index in [1.807, 2.05) is 30.3 Å². The molecule has 0 aliphatic carbocycles. The molecule has 2 atom stereocenters. The van der Waals surface area contributed by atoms with Crippen LogP contribution in [0.25, 0.3) is 0 Å². The number of aliphatic carboxylic acids is 1. The minimum absolute atomic E-state index is 0.203. The third-order valence-electron chi connectivity index (χ3n) is 3.74. The monoisotopic (exact) mass is 322 g/mol. The molecule has 6 nitrogen and oxygen atoms in total. The van der Waals surface area contributed by atoms with Crippen molar-refractivity contribution in [1.29, 1.82) is 0 Å². The zero-order valence-corrected chi connectivity index (χ0v) is 13.1. The fourth-order valence-electron chi connectivity index (χ4n) is 2.45. The summed E-state index contributed by atoms with van der Waals surface area (Å²) >= 11 is 4.24. The number of hydrogen-bond acceptors (Lipinski definition) is 4. The topological polar surface area (TPSA) is 77.9 Å². The Hall–Kier alpha value is -2.02. The van der Waals surface area contributed by atoms with Gasteiger partial charge in [-0.1, -0.05) is 30.3 Å². The summed E-state index contributed by atoms with van der Waals surface area (Å²) in [5.41, 5.74) is 0.992. The summed E-state index contributed by atoms with van der Waals surface area (Å²) in [5, 5.41) is 9.02. The van der Waals surface area contributed by atoms with Gasteiger partial charge in [-0.15, -0.1) is 0 Å². The molecule has 0 radical (unpaired) electrons. The molecule has 0 bridgehead atoms. The molecule has 1 aromatic rings. The normalized spacial score (nSPS) is 17.7. The number of carboxylic acids is 1. The highest BCUT2D eigenvalue weighted by molar-refractivity contribution is 7.80. The Morgan fingerprint density at radius 3 is 2.50 bits per heavy atom. The fourth-order valence-corrected chi connectivity index (χ4v) is 2.75. The third-order valence-corrected chi connectivity index (χ3v) is 4.16. The second-order valence-electron chi connectivity index (χ2n) is 5.21. The number of rotatable bonds is 6. The Morgan fingerprint density at radius 2 is 1.95 bits per heavy atom. The summed E-state index contributed by atoms with van der Waals surface area (Å²) in [6, 6.07) is 7.51. The van der Waals surface area contributed by atoms with Crippen LogP contribution in [-0.4, -0.2) is 57.2 Å². The number of benzene rings is 1. The standard InChI is InChI=1S/C15H18N2O4S/c1-10(14(19)20)16-8-13(18)17(15(16)21)12(9-22)7-11-5-3-2-4-6-11/h2-6,10,12,22H,7-9H2,1H3,(H,19,20)/t10-,12?/m0/s1. The van der Waals surface area contributed by atoms with Gasteiger partial charge in [0.25, 0.3) is 5.91 Å². The van der Waals surface area contributed by atoms with E-state index in [0.29, 0.717) is 12.2 Å². The van der Waals surface area contributed by atoms with Crippen molar-refractivity contribution >= 4 is 30.5 Å². The van der Waals surface area contributed by atoms with E-state index >= 15 is 0 Å². The van der Waals surface area contributed by atoms with Crippen LogP contribution in [-0.2, 0) is 16.0 Å². The molecule has 2 rings (SSSR count). The lowest BCUT2D eigenvalue weighted by Crippen LogP contribution is -2.46. The minimum Gasteiger partial charge on any atom is -0.480 e. The molecular formula is C15H18N2O4S. The van der Waals surface area contributed by atoms with E-state index in [1.54, 1.807) is 0 Å². The van der Waals surface area contributed by atoms with Gasteiger partial charge in [0.05, 0.1) is 6.04 Å². The Morgan fingerprint density at radius 1 is 1.32 bits per heavy atom. The molecule has 22 heavy (non-hydrogen) atoms. The van der Waals surface area contributed by atoms with Crippen molar-refractivity contribution in [3.05, 3.63) is 35.9 Å². The van der Waals surface area contributed by atoms with Gasteiger partial charge in [0, 0.05) is 5.75 Å². The first-order valence-electron chi connectivity index (χ1n) is 6.96. The molecular weight excluding hydrogens is 304 g/mol. The zero-order chi connectivity index (χ0) is 16.3. The Balaban J connectivity index is 2.17. The molecule has 1 aliphatic rings. The molecule has 118 valence electrons. The largest absolute Gasteiger partial charge is 0.480 e. The van der Waals surface area contributed by atoms with Gasteiger partial charge in [-0.25, -0.2) is 9.59 Å². The number of hydrogen-bond donors (Lipinski definition) is 2. The first-order valence-corrected chi connectivity index (χ1v) is 7.59. The van der Waals surface area contributed by atoms with Gasteiger partial charge in [-0.3, -0.25) is 9.69 Å². The van der Waals surface area contributed by atoms with E-state index in [4.69, 9.17) is 5.11 Å². The van der Waals surface area contributed by atoms with Gasteiger partial charge in [-0.05, 0) is 18.9 Å². The van der Waals surface area contributed by atoms with Gasteiger partial charge >= 0.3 is 12.0 Å². The van der Waals surface area contributed by atoms with Crippen molar-refractivity contribution in [1.82, 2.24) is 9.80 Å². The summed E-state index contributed by atoms with van der Waals surface area (Å²) in [5.74, 6) is -1.19. The van der Waals surface area contributed by atoms with Crippen molar-refractivity contribution in [3.8, 4) is 0 Å². The summed E-state index contributed by atoms with van der Waals surface area (Å²) in [6.07, 6.45) is 0.497. The molecule has 1 fully saturated rings. The van der Waals surface area contributed by atoms with Crippen molar-refractivity contribution < 1.29 is 19.5 Å². The highest BCUT2D eigenvalue weighted by atomic mass is 32.1. The average molecular weight is 322 g/mol. The summed E-state index contributed by atoms with van der Waals surface area (Å²) < 4.78 is 0. The third kappa shape index (κ3) is 3.24. The zero-order valence-electron chi connectivity index (χ0n) is 12.2. The molecule has 1 saturated heterocycles. The number of nitrogens with zero attached hydrogens (tertiary/aromatic N) is 2. The highest BCUT2D eigenvalue weighted by Crippen LogP contribution is 2.20. The van der Waals surface area contributed by atoms with E-state index in [9.17, 15) is 14.4 Å². The predicted molar refractivity (Wildman–Crippen MR) is 83.8 cm³/mol. The van der Waals surface area contributed by atoms with E-state index in [0.717, 1.165) is 15.4 Å². The molecule has 1 aromatic carbocycles. The second kappa shape index (κ2) is 6.83. The molecule has 0 saturated carbocycles. The maximum atomic E-state index is 12.4. The van der Waals surface area contributed by atoms with Crippen LogP contribution in [0.1, 0.15) is 12.5 Å². The average Bonchev–Trinajstić information content (AvgIpc) is 2.80. The van der Waals surface area contributed by atoms with E-state index in [-0.39, 0.29) is 12.5 Å². The lowest BCUT2D eigenvalue weighted by Gasteiger charge is -2.26. The predicted octanol–water partition coefficient (Wildman–Crippen LogP) is 1.26. The summed E-state index contributed by atoms with van der Waals surface area (Å²) in [6.45, 7) is 1.19. The number of carbonyl (C=O) groups is 3. The number of urea groups is 1. The van der Waals surface area contributed by atoms with Crippen LogP contribution in [0.5, 0.6) is 0 Å². The number of imide groups is 1. The van der Waals surface area contributed by atoms with Crippen molar-refractivity contribution in [2.45, 2.75) is 25.4 Å². The molecule has 1 aliphatic heterocycles. The van der Waals surface area contributed by atoms with Gasteiger partial charge < -0.3 is 10.0 Å². The van der Waals surface area contributed by atoms with Crippen molar-refractivity contribution in [3.63, 3.8) is 0 Å². The number of carbonyl (C=O) groups excluding carboxylic acids is 2. The highest BCUT2D eigenvalue weighted by Gasteiger charge is 2.43. The van der Waals surface area contributed by atoms with Crippen LogP contribution < -0.4 is 0 Å². The van der Waals surface area contributed by atoms with E-state index < -0.39 is 24.1 Å². The van der Waals surface area contributed by atoms with Gasteiger partial charge in [0.15, 0.2) is 0 Å². The van der Waals surface area contributed by atoms with Crippen molar-refractivity contribution in [2.24, 2.45) is 0 Å². The Kier molecular flexibility index (Phi) is 5.07. The molecule has 7 heteroatoms. The van der Waals surface area contributed by atoms with E-state index in [1.165, 1.54) is 6.92 Å². The van der Waals surface area contributed by atoms with Gasteiger partial charge in [0.1, 0.15) is 12.6 Å². The maximum absolute atomic E-state index is 12.4. The van der Waals surface area contributed by atoms with Crippen LogP contribution in [0.3, 0.4) is 0 Å². The number of amides is 3. The van der Waals surface area contributed by atoms with Crippen LogP contribution in [0.2, 0.25) is 0 Å². The first kappa shape index (κ1) is 16.4. The minimum atomic E-state index is -1.13. The first-order chi connectivity index (χ1) is 10.5. The Bertz CT molecular complexity index is 578. The molecule has 3 amide bonds. The van der Waals surface area contributed by atoms with Crippen LogP contribution >= 0.6 is 12.6 Å². The SMILES string of the molecule is C[C@@H](C(=O)O)N1CC(=O)N(C(CS)Cc2ccccc2)C1=O. The van der Waals surface area contributed by atoms with E-state index in [2.05, 4.69) is 12.6 Å². The summed E-state index contributed by atoms with van der Waals surface area (Å²) in [7, 11) is 0. The molecule has 1 unspecified atom stereocenters. The fraction of sp³-hybridized carbons (Fsp3) is 0.400. The van der Waals surface area contributed by atoms with Crippen LogP contribution in [0.15, 0.2) is 30.3 Å². The lowest BCUT2D eigenvalue weighted by atomic mass is 10.1. The van der Waals surface area contributed by atoms with Crippen LogP contribution in [0, 0.1) is 0 Å². The summed E-state index contributed by atoms with van der Waals surface area (Å²) in [4.78, 5) is 37.8. The van der Waals surface area contributed by atoms with Crippen LogP contribution in [0.4, 0.5) is 4.79 Å². The van der Waals surface area contributed by atoms with Gasteiger partial charge in [-0.2, -0.15) is 12.6 Å². The second-order valence-corrected chi connectivity index (χ2v) is 5.58. The van der Waals surface area contributed by atoms with Crippen molar-refractivity contribution in [2.75, 3.05) is 12.3 Å². The molecule has 1 N–H and O–H groups in total. The maximum Gasteiger partial charge on any atom is 0.328 e. The molecule has 0 spiro atoms. The molecule has 1 heterocycles. The number of thiol groups is 1. The Labute approximate surface area is 134 Å². The smallest absolute Gasteiger partial charge is 0.328 e. The number of carboxylic acid groups (broad SMARTS) is 1. The van der Waals surface area contributed by atoms with Gasteiger partial charge in [0.2, 0.25) is 0 Å². The quantitative estimate of drug-likeness (QED) is 0.611.